The number of pyridine rings is 1. The van der Waals surface area contributed by atoms with Gasteiger partial charge in [-0.3, -0.25) is 14.5 Å². The lowest BCUT2D eigenvalue weighted by Gasteiger charge is -2.39. The lowest BCUT2D eigenvalue weighted by molar-refractivity contribution is -0.129. The molecule has 6 heteroatoms. The van der Waals surface area contributed by atoms with Gasteiger partial charge in [0.1, 0.15) is 11.5 Å². The molecule has 0 spiro atoms. The minimum Gasteiger partial charge on any atom is -0.331 e. The fourth-order valence-corrected chi connectivity index (χ4v) is 3.79. The van der Waals surface area contributed by atoms with E-state index in [4.69, 9.17) is 5.10 Å². The van der Waals surface area contributed by atoms with Crippen LogP contribution >= 0.6 is 0 Å². The zero-order valence-electron chi connectivity index (χ0n) is 15.9. The second kappa shape index (κ2) is 6.71. The van der Waals surface area contributed by atoms with Crippen molar-refractivity contribution in [2.45, 2.75) is 25.9 Å². The van der Waals surface area contributed by atoms with Crippen molar-refractivity contribution < 1.29 is 9.18 Å². The first-order valence-corrected chi connectivity index (χ1v) is 9.11. The molecule has 1 aromatic carbocycles. The summed E-state index contributed by atoms with van der Waals surface area (Å²) in [5.74, 6) is -0.397. The number of fused-ring (bicyclic) bond motifs is 1. The van der Waals surface area contributed by atoms with Crippen molar-refractivity contribution in [1.29, 1.82) is 0 Å². The van der Waals surface area contributed by atoms with Gasteiger partial charge in [-0.05, 0) is 61.9 Å². The number of rotatable bonds is 3. The molecule has 0 saturated carbocycles. The van der Waals surface area contributed by atoms with Crippen LogP contribution in [0.4, 0.5) is 4.39 Å². The first kappa shape index (κ1) is 18.1. The first-order valence-electron chi connectivity index (χ1n) is 9.11. The fraction of sp³-hybridized carbons (Fsp3) is 0.227. The summed E-state index contributed by atoms with van der Waals surface area (Å²) >= 11 is 0. The summed E-state index contributed by atoms with van der Waals surface area (Å²) in [6, 6.07) is 10.2. The number of nitrogens with zero attached hydrogens (tertiary/aromatic N) is 4. The summed E-state index contributed by atoms with van der Waals surface area (Å²) in [6.07, 6.45) is 4.80. The van der Waals surface area contributed by atoms with E-state index in [1.54, 1.807) is 29.4 Å². The SMILES string of the molecule is C=CC(=O)N1Cc2c(-c3ccncc3)c(-c3ccc(F)cc3)nn2C(C)(C)C1. The molecular formula is C22H21FN4O. The minimum absolute atomic E-state index is 0.107. The van der Waals surface area contributed by atoms with Crippen LogP contribution < -0.4 is 0 Å². The third-order valence-corrected chi connectivity index (χ3v) is 5.05. The van der Waals surface area contributed by atoms with Crippen molar-refractivity contribution in [2.24, 2.45) is 0 Å². The molecule has 28 heavy (non-hydrogen) atoms. The van der Waals surface area contributed by atoms with E-state index in [1.807, 2.05) is 16.8 Å². The average molecular weight is 376 g/mol. The highest BCUT2D eigenvalue weighted by atomic mass is 19.1. The third-order valence-electron chi connectivity index (χ3n) is 5.05. The van der Waals surface area contributed by atoms with E-state index < -0.39 is 5.54 Å². The highest BCUT2D eigenvalue weighted by Gasteiger charge is 2.37. The van der Waals surface area contributed by atoms with E-state index in [1.165, 1.54) is 18.2 Å². The Balaban J connectivity index is 1.97. The van der Waals surface area contributed by atoms with Crippen LogP contribution in [0.15, 0.2) is 61.4 Å². The number of carbonyl (C=O) groups is 1. The van der Waals surface area contributed by atoms with Gasteiger partial charge in [0.05, 0.1) is 17.8 Å². The van der Waals surface area contributed by atoms with Crippen LogP contribution in [0.5, 0.6) is 0 Å². The maximum atomic E-state index is 13.5. The Bertz CT molecular complexity index is 1040. The second-order valence-corrected chi connectivity index (χ2v) is 7.54. The fourth-order valence-electron chi connectivity index (χ4n) is 3.79. The number of halogens is 1. The highest BCUT2D eigenvalue weighted by Crippen LogP contribution is 2.39. The molecule has 2 aromatic heterocycles. The van der Waals surface area contributed by atoms with Crippen molar-refractivity contribution >= 4 is 5.91 Å². The van der Waals surface area contributed by atoms with E-state index in [0.717, 1.165) is 28.1 Å². The van der Waals surface area contributed by atoms with Crippen molar-refractivity contribution in [3.63, 3.8) is 0 Å². The van der Waals surface area contributed by atoms with E-state index in [9.17, 15) is 9.18 Å². The quantitative estimate of drug-likeness (QED) is 0.649. The van der Waals surface area contributed by atoms with Crippen molar-refractivity contribution in [1.82, 2.24) is 19.7 Å². The Labute approximate surface area is 163 Å². The smallest absolute Gasteiger partial charge is 0.246 e. The van der Waals surface area contributed by atoms with Crippen LogP contribution in [0, 0.1) is 5.82 Å². The molecule has 0 radical (unpaired) electrons. The lowest BCUT2D eigenvalue weighted by atomic mass is 9.96. The molecule has 3 heterocycles. The van der Waals surface area contributed by atoms with E-state index in [2.05, 4.69) is 25.4 Å². The molecule has 3 aromatic rings. The standard InChI is InChI=1S/C22H21FN4O/c1-4-19(28)26-13-18-20(15-9-11-24-12-10-15)21(16-5-7-17(23)8-6-16)25-27(18)22(2,3)14-26/h4-12H,1,13-14H2,2-3H3. The third kappa shape index (κ3) is 3.01. The van der Waals surface area contributed by atoms with Gasteiger partial charge >= 0.3 is 0 Å². The van der Waals surface area contributed by atoms with Gasteiger partial charge in [0.2, 0.25) is 5.91 Å². The van der Waals surface area contributed by atoms with Crippen LogP contribution in [0.1, 0.15) is 19.5 Å². The zero-order chi connectivity index (χ0) is 19.9. The molecule has 142 valence electrons. The molecule has 1 aliphatic rings. The molecule has 0 fully saturated rings. The molecule has 0 bridgehead atoms. The predicted molar refractivity (Wildman–Crippen MR) is 106 cm³/mol. The predicted octanol–water partition coefficient (Wildman–Crippen LogP) is 4.01. The van der Waals surface area contributed by atoms with Gasteiger partial charge < -0.3 is 4.90 Å². The van der Waals surface area contributed by atoms with Crippen molar-refractivity contribution in [2.75, 3.05) is 6.54 Å². The lowest BCUT2D eigenvalue weighted by Crippen LogP contribution is -2.49. The summed E-state index contributed by atoms with van der Waals surface area (Å²) in [5.41, 5.74) is 4.03. The van der Waals surface area contributed by atoms with Crippen LogP contribution in [0.25, 0.3) is 22.4 Å². The minimum atomic E-state index is -0.397. The van der Waals surface area contributed by atoms with Gasteiger partial charge in [0.25, 0.3) is 0 Å². The number of aromatic nitrogens is 3. The summed E-state index contributed by atoms with van der Waals surface area (Å²) in [4.78, 5) is 18.2. The number of carbonyl (C=O) groups excluding carboxylic acids is 1. The maximum absolute atomic E-state index is 13.5. The summed E-state index contributed by atoms with van der Waals surface area (Å²) in [7, 11) is 0. The molecule has 0 N–H and O–H groups in total. The van der Waals surface area contributed by atoms with Crippen molar-refractivity contribution in [3.05, 3.63) is 73.0 Å². The van der Waals surface area contributed by atoms with Gasteiger partial charge in [0, 0.05) is 30.1 Å². The molecule has 0 aliphatic carbocycles. The van der Waals surface area contributed by atoms with Gasteiger partial charge in [-0.2, -0.15) is 5.10 Å². The van der Waals surface area contributed by atoms with E-state index >= 15 is 0 Å². The largest absolute Gasteiger partial charge is 0.331 e. The zero-order valence-corrected chi connectivity index (χ0v) is 15.9. The van der Waals surface area contributed by atoms with Crippen molar-refractivity contribution in [3.8, 4) is 22.4 Å². The summed E-state index contributed by atoms with van der Waals surface area (Å²) in [6.45, 7) is 8.69. The van der Waals surface area contributed by atoms with Crippen LogP contribution in [-0.2, 0) is 16.9 Å². The topological polar surface area (TPSA) is 51.0 Å². The molecule has 0 atom stereocenters. The second-order valence-electron chi connectivity index (χ2n) is 7.54. The Morgan fingerprint density at radius 3 is 2.46 bits per heavy atom. The number of benzene rings is 1. The Morgan fingerprint density at radius 1 is 1.14 bits per heavy atom. The molecule has 0 unspecified atom stereocenters. The molecule has 4 rings (SSSR count). The number of amides is 1. The van der Waals surface area contributed by atoms with Crippen LogP contribution in [0.2, 0.25) is 0 Å². The van der Waals surface area contributed by atoms with Gasteiger partial charge in [-0.1, -0.05) is 6.58 Å². The highest BCUT2D eigenvalue weighted by molar-refractivity contribution is 5.88. The molecule has 0 saturated heterocycles. The van der Waals surface area contributed by atoms with E-state index in [-0.39, 0.29) is 11.7 Å². The Hall–Kier alpha value is -3.28. The van der Waals surface area contributed by atoms with Gasteiger partial charge in [0.15, 0.2) is 0 Å². The monoisotopic (exact) mass is 376 g/mol. The normalized spacial score (nSPS) is 15.2. The average Bonchev–Trinajstić information content (AvgIpc) is 3.08. The van der Waals surface area contributed by atoms with Gasteiger partial charge in [-0.15, -0.1) is 0 Å². The molecule has 1 aliphatic heterocycles. The Morgan fingerprint density at radius 2 is 1.82 bits per heavy atom. The molecule has 1 amide bonds. The molecule has 5 nitrogen and oxygen atoms in total. The molecular weight excluding hydrogens is 355 g/mol. The first-order chi connectivity index (χ1) is 13.4. The summed E-state index contributed by atoms with van der Waals surface area (Å²) in [5, 5.41) is 4.91. The van der Waals surface area contributed by atoms with E-state index in [0.29, 0.717) is 13.1 Å². The number of hydrogen-bond acceptors (Lipinski definition) is 3. The maximum Gasteiger partial charge on any atom is 0.246 e. The van der Waals surface area contributed by atoms with Crippen LogP contribution in [0.3, 0.4) is 0 Å². The summed E-state index contributed by atoms with van der Waals surface area (Å²) < 4.78 is 15.5. The Kier molecular flexibility index (Phi) is 4.34. The number of hydrogen-bond donors (Lipinski definition) is 0. The van der Waals surface area contributed by atoms with Gasteiger partial charge in [-0.25, -0.2) is 4.39 Å². The van der Waals surface area contributed by atoms with Crippen LogP contribution in [-0.4, -0.2) is 32.1 Å².